The number of piperidine rings is 2. The molecular weight excluding hydrogens is 198 g/mol. The van der Waals surface area contributed by atoms with Gasteiger partial charge in [0.15, 0.2) is 0 Å². The number of nitrogens with two attached hydrogens (primary N) is 1. The molecule has 2 rings (SSSR count). The van der Waals surface area contributed by atoms with E-state index in [2.05, 4.69) is 28.9 Å². The van der Waals surface area contributed by atoms with E-state index in [0.717, 1.165) is 0 Å². The Morgan fingerprint density at radius 1 is 0.625 bits per heavy atom. The molecule has 3 heteroatoms. The standard InChI is InChI=1S/C10H20N2.C2H4.CH5N/c1-3-7-11(8-4-1)12-9-5-2-6-10-12;2*1-2/h1-10H2;1-2H2;2H2,1H3. The maximum absolute atomic E-state index is 4.50. The predicted octanol–water partition coefficient (Wildman–Crippen LogP) is 2.25. The highest BCUT2D eigenvalue weighted by atomic mass is 15.6. The first-order valence-corrected chi connectivity index (χ1v) is 6.54. The van der Waals surface area contributed by atoms with Crippen molar-refractivity contribution in [3.8, 4) is 0 Å². The van der Waals surface area contributed by atoms with Gasteiger partial charge in [0.05, 0.1) is 0 Å². The van der Waals surface area contributed by atoms with Gasteiger partial charge in [-0.25, -0.2) is 10.0 Å². The van der Waals surface area contributed by atoms with E-state index in [1.165, 1.54) is 71.8 Å². The van der Waals surface area contributed by atoms with Gasteiger partial charge in [-0.3, -0.25) is 0 Å². The van der Waals surface area contributed by atoms with Crippen LogP contribution in [0, 0.1) is 0 Å². The van der Waals surface area contributed by atoms with Gasteiger partial charge in [0.2, 0.25) is 0 Å². The minimum Gasteiger partial charge on any atom is -0.333 e. The van der Waals surface area contributed by atoms with Crippen LogP contribution < -0.4 is 5.73 Å². The molecule has 2 aliphatic rings. The average Bonchev–Trinajstić information content (AvgIpc) is 2.45. The van der Waals surface area contributed by atoms with E-state index in [0.29, 0.717) is 0 Å². The molecule has 0 atom stereocenters. The lowest BCUT2D eigenvalue weighted by Gasteiger charge is -2.39. The molecule has 0 aromatic heterocycles. The van der Waals surface area contributed by atoms with E-state index in [9.17, 15) is 0 Å². The predicted molar refractivity (Wildman–Crippen MR) is 72.2 cm³/mol. The molecule has 0 saturated carbocycles. The van der Waals surface area contributed by atoms with Crippen molar-refractivity contribution < 1.29 is 0 Å². The lowest BCUT2D eigenvalue weighted by Crippen LogP contribution is -2.47. The second-order valence-corrected chi connectivity index (χ2v) is 4.03. The van der Waals surface area contributed by atoms with Crippen LogP contribution in [0.15, 0.2) is 13.2 Å². The summed E-state index contributed by atoms with van der Waals surface area (Å²) in [6, 6.07) is 0. The summed E-state index contributed by atoms with van der Waals surface area (Å²) < 4.78 is 0. The van der Waals surface area contributed by atoms with E-state index in [4.69, 9.17) is 0 Å². The summed E-state index contributed by atoms with van der Waals surface area (Å²) in [4.78, 5) is 0. The average molecular weight is 227 g/mol. The highest BCUT2D eigenvalue weighted by Gasteiger charge is 2.19. The van der Waals surface area contributed by atoms with Crippen LogP contribution in [0.25, 0.3) is 0 Å². The first-order valence-electron chi connectivity index (χ1n) is 6.54. The van der Waals surface area contributed by atoms with Gasteiger partial charge in [0.1, 0.15) is 0 Å². The van der Waals surface area contributed by atoms with Crippen molar-refractivity contribution in [3.05, 3.63) is 13.2 Å². The second kappa shape index (κ2) is 11.1. The summed E-state index contributed by atoms with van der Waals surface area (Å²) >= 11 is 0. The Labute approximate surface area is 101 Å². The van der Waals surface area contributed by atoms with Crippen molar-refractivity contribution in [1.82, 2.24) is 10.0 Å². The Balaban J connectivity index is 0.000000509. The number of rotatable bonds is 1. The fraction of sp³-hybridized carbons (Fsp3) is 0.846. The van der Waals surface area contributed by atoms with Gasteiger partial charge >= 0.3 is 0 Å². The second-order valence-electron chi connectivity index (χ2n) is 4.03. The number of hydrogen-bond acceptors (Lipinski definition) is 3. The molecule has 2 N–H and O–H groups in total. The number of hydrogen-bond donors (Lipinski definition) is 1. The van der Waals surface area contributed by atoms with Crippen LogP contribution in [0.5, 0.6) is 0 Å². The smallest absolute Gasteiger partial charge is 0.0133 e. The first kappa shape index (κ1) is 15.6. The molecule has 3 nitrogen and oxygen atoms in total. The molecule has 0 bridgehead atoms. The lowest BCUT2D eigenvalue weighted by atomic mass is 10.1. The summed E-state index contributed by atoms with van der Waals surface area (Å²) in [5, 5.41) is 5.17. The Morgan fingerprint density at radius 2 is 0.875 bits per heavy atom. The Bertz CT molecular complexity index is 122. The summed E-state index contributed by atoms with van der Waals surface area (Å²) in [6.45, 7) is 11.3. The highest BCUT2D eigenvalue weighted by molar-refractivity contribution is 4.67. The maximum atomic E-state index is 4.50. The van der Waals surface area contributed by atoms with Crippen molar-refractivity contribution in [3.63, 3.8) is 0 Å². The topological polar surface area (TPSA) is 32.5 Å². The Hall–Kier alpha value is -0.380. The van der Waals surface area contributed by atoms with E-state index in [-0.39, 0.29) is 0 Å². The fourth-order valence-electron chi connectivity index (χ4n) is 2.32. The minimum absolute atomic E-state index is 1.32. The van der Waals surface area contributed by atoms with Crippen LogP contribution in [0.2, 0.25) is 0 Å². The molecule has 0 radical (unpaired) electrons. The number of hydrazine groups is 1. The molecule has 0 unspecified atom stereocenters. The molecule has 0 aliphatic carbocycles. The quantitative estimate of drug-likeness (QED) is 0.697. The van der Waals surface area contributed by atoms with Gasteiger partial charge in [-0.05, 0) is 32.7 Å². The SMILES string of the molecule is C1CCN(N2CCCCC2)CC1.C=C.CN. The summed E-state index contributed by atoms with van der Waals surface area (Å²) in [5.41, 5.74) is 4.50. The van der Waals surface area contributed by atoms with Crippen molar-refractivity contribution in [2.75, 3.05) is 33.2 Å². The molecule has 16 heavy (non-hydrogen) atoms. The minimum atomic E-state index is 1.32. The Kier molecular flexibility index (Phi) is 10.9. The van der Waals surface area contributed by atoms with Crippen molar-refractivity contribution >= 4 is 0 Å². The summed E-state index contributed by atoms with van der Waals surface area (Å²) in [5.74, 6) is 0. The molecule has 0 amide bonds. The zero-order valence-electron chi connectivity index (χ0n) is 11.0. The van der Waals surface area contributed by atoms with Crippen LogP contribution in [-0.2, 0) is 0 Å². The van der Waals surface area contributed by atoms with Gasteiger partial charge in [-0.15, -0.1) is 13.2 Å². The third kappa shape index (κ3) is 5.64. The van der Waals surface area contributed by atoms with E-state index < -0.39 is 0 Å². The first-order chi connectivity index (χ1) is 7.97. The molecule has 0 aromatic rings. The van der Waals surface area contributed by atoms with Crippen LogP contribution >= 0.6 is 0 Å². The molecule has 96 valence electrons. The normalized spacial score (nSPS) is 22.4. The molecular formula is C13H29N3. The zero-order chi connectivity index (χ0) is 12.2. The third-order valence-electron chi connectivity index (χ3n) is 3.06. The molecule has 0 aromatic carbocycles. The molecule has 2 saturated heterocycles. The maximum Gasteiger partial charge on any atom is 0.0133 e. The highest BCUT2D eigenvalue weighted by Crippen LogP contribution is 2.16. The monoisotopic (exact) mass is 227 g/mol. The van der Waals surface area contributed by atoms with Crippen molar-refractivity contribution in [2.45, 2.75) is 38.5 Å². The van der Waals surface area contributed by atoms with Crippen LogP contribution in [0.4, 0.5) is 0 Å². The van der Waals surface area contributed by atoms with Gasteiger partial charge in [0.25, 0.3) is 0 Å². The van der Waals surface area contributed by atoms with Gasteiger partial charge in [-0.1, -0.05) is 12.8 Å². The van der Waals surface area contributed by atoms with Crippen LogP contribution in [-0.4, -0.2) is 43.2 Å². The van der Waals surface area contributed by atoms with Crippen molar-refractivity contribution in [2.24, 2.45) is 5.73 Å². The zero-order valence-corrected chi connectivity index (χ0v) is 11.0. The molecule has 2 heterocycles. The lowest BCUT2D eigenvalue weighted by molar-refractivity contribution is -0.0518. The fourth-order valence-corrected chi connectivity index (χ4v) is 2.32. The van der Waals surface area contributed by atoms with Gasteiger partial charge in [0, 0.05) is 26.2 Å². The van der Waals surface area contributed by atoms with Crippen molar-refractivity contribution in [1.29, 1.82) is 0 Å². The van der Waals surface area contributed by atoms with Gasteiger partial charge < -0.3 is 5.73 Å². The summed E-state index contributed by atoms with van der Waals surface area (Å²) in [6.07, 6.45) is 8.55. The van der Waals surface area contributed by atoms with Gasteiger partial charge in [-0.2, -0.15) is 0 Å². The van der Waals surface area contributed by atoms with E-state index in [1.807, 2.05) is 0 Å². The summed E-state index contributed by atoms with van der Waals surface area (Å²) in [7, 11) is 1.50. The largest absolute Gasteiger partial charge is 0.333 e. The Morgan fingerprint density at radius 3 is 1.12 bits per heavy atom. The molecule has 2 fully saturated rings. The third-order valence-corrected chi connectivity index (χ3v) is 3.06. The molecule has 0 spiro atoms. The van der Waals surface area contributed by atoms with E-state index >= 15 is 0 Å². The van der Waals surface area contributed by atoms with Crippen LogP contribution in [0.1, 0.15) is 38.5 Å². The van der Waals surface area contributed by atoms with Crippen LogP contribution in [0.3, 0.4) is 0 Å². The number of nitrogens with zero attached hydrogens (tertiary/aromatic N) is 2. The van der Waals surface area contributed by atoms with E-state index in [1.54, 1.807) is 0 Å². The molecule has 2 aliphatic heterocycles.